The Morgan fingerprint density at radius 1 is 1.50 bits per heavy atom. The minimum Gasteiger partial charge on any atom is -0.397 e. The second kappa shape index (κ2) is 4.35. The molecule has 0 amide bonds. The second-order valence-corrected chi connectivity index (χ2v) is 3.70. The van der Waals surface area contributed by atoms with Gasteiger partial charge < -0.3 is 14.4 Å². The fourth-order valence-electron chi connectivity index (χ4n) is 1.64. The maximum Gasteiger partial charge on any atom is 0.408 e. The Morgan fingerprint density at radius 2 is 2.22 bits per heavy atom. The molecule has 0 fully saturated rings. The molecule has 8 heteroatoms. The molecule has 0 aliphatic heterocycles. The normalized spacial score (nSPS) is 15.1. The summed E-state index contributed by atoms with van der Waals surface area (Å²) in [7, 11) is 1.35. The Bertz CT molecular complexity index is 613. The Hall–Kier alpha value is -1.99. The van der Waals surface area contributed by atoms with Crippen LogP contribution in [-0.4, -0.2) is 27.8 Å². The van der Waals surface area contributed by atoms with Crippen LogP contribution in [0.15, 0.2) is 23.7 Å². The molecule has 1 N–H and O–H groups in total. The summed E-state index contributed by atoms with van der Waals surface area (Å²) in [6, 6.07) is -0.122. The van der Waals surface area contributed by atoms with E-state index >= 15 is 0 Å². The van der Waals surface area contributed by atoms with Crippen LogP contribution in [0.25, 0.3) is 11.0 Å². The molecule has 18 heavy (non-hydrogen) atoms. The van der Waals surface area contributed by atoms with Gasteiger partial charge in [0, 0.05) is 6.20 Å². The molecule has 2 heterocycles. The van der Waals surface area contributed by atoms with Crippen molar-refractivity contribution in [3.8, 4) is 0 Å². The topological polar surface area (TPSA) is 55.2 Å². The molecule has 2 aromatic heterocycles. The fraction of sp³-hybridized carbons (Fsp3) is 0.400. The fourth-order valence-corrected chi connectivity index (χ4v) is 1.64. The Morgan fingerprint density at radius 3 is 2.83 bits per heavy atom. The maximum atomic E-state index is 12.7. The molecule has 0 bridgehead atoms. The number of aromatic nitrogens is 3. The van der Waals surface area contributed by atoms with Gasteiger partial charge in [0.05, 0.1) is 11.7 Å². The third-order valence-electron chi connectivity index (χ3n) is 2.61. The van der Waals surface area contributed by atoms with Crippen LogP contribution in [-0.2, 0) is 4.84 Å². The molecule has 1 atom stereocenters. The highest BCUT2D eigenvalue weighted by Crippen LogP contribution is 2.31. The molecule has 0 saturated heterocycles. The number of hydrogen-bond acceptors (Lipinski definition) is 3. The predicted octanol–water partition coefficient (Wildman–Crippen LogP) is 1.95. The lowest BCUT2D eigenvalue weighted by Gasteiger charge is -2.18. The van der Waals surface area contributed by atoms with E-state index in [-0.39, 0.29) is 5.49 Å². The molecule has 0 radical (unpaired) electrons. The van der Waals surface area contributed by atoms with Crippen molar-refractivity contribution in [2.45, 2.75) is 19.1 Å². The molecule has 2 rings (SSSR count). The van der Waals surface area contributed by atoms with Crippen LogP contribution in [0.3, 0.4) is 0 Å². The van der Waals surface area contributed by atoms with Crippen molar-refractivity contribution < 1.29 is 18.0 Å². The first-order chi connectivity index (χ1) is 8.45. The van der Waals surface area contributed by atoms with Crippen molar-refractivity contribution in [2.24, 2.45) is 5.16 Å². The lowest BCUT2D eigenvalue weighted by Crippen LogP contribution is -2.23. The van der Waals surface area contributed by atoms with Crippen molar-refractivity contribution >= 4 is 11.0 Å². The summed E-state index contributed by atoms with van der Waals surface area (Å²) in [4.78, 5) is 11.2. The van der Waals surface area contributed by atoms with Gasteiger partial charge in [-0.25, -0.2) is 4.98 Å². The number of aromatic amines is 1. The van der Waals surface area contributed by atoms with E-state index in [0.29, 0.717) is 11.0 Å². The van der Waals surface area contributed by atoms with Crippen LogP contribution in [0.2, 0.25) is 0 Å². The zero-order chi connectivity index (χ0) is 13.3. The summed E-state index contributed by atoms with van der Waals surface area (Å²) in [5, 5.41) is 4.11. The van der Waals surface area contributed by atoms with Crippen LogP contribution >= 0.6 is 0 Å². The van der Waals surface area contributed by atoms with E-state index in [0.717, 1.165) is 11.5 Å². The van der Waals surface area contributed by atoms with E-state index in [9.17, 15) is 13.2 Å². The SMILES string of the molecule is CO/N=c1\nc[nH]c2c1ccn2C(C)C(F)(F)F. The van der Waals surface area contributed by atoms with Crippen LogP contribution in [0, 0.1) is 0 Å². The molecular formula is C10H11F3N4O. The smallest absolute Gasteiger partial charge is 0.397 e. The van der Waals surface area contributed by atoms with Gasteiger partial charge in [-0.1, -0.05) is 5.16 Å². The average Bonchev–Trinajstić information content (AvgIpc) is 2.72. The van der Waals surface area contributed by atoms with Crippen LogP contribution < -0.4 is 5.49 Å². The molecule has 0 aliphatic carbocycles. The van der Waals surface area contributed by atoms with Gasteiger partial charge >= 0.3 is 6.18 Å². The predicted molar refractivity (Wildman–Crippen MR) is 57.4 cm³/mol. The Kier molecular flexibility index (Phi) is 3.02. The number of nitrogens with zero attached hydrogens (tertiary/aromatic N) is 3. The van der Waals surface area contributed by atoms with E-state index in [4.69, 9.17) is 0 Å². The third-order valence-corrected chi connectivity index (χ3v) is 2.61. The first-order valence-corrected chi connectivity index (χ1v) is 5.13. The first-order valence-electron chi connectivity index (χ1n) is 5.13. The van der Waals surface area contributed by atoms with Crippen molar-refractivity contribution in [1.29, 1.82) is 0 Å². The molecular weight excluding hydrogens is 249 g/mol. The summed E-state index contributed by atoms with van der Waals surface area (Å²) < 4.78 is 39.2. The summed E-state index contributed by atoms with van der Waals surface area (Å²) in [6.45, 7) is 1.08. The van der Waals surface area contributed by atoms with Gasteiger partial charge in [-0.15, -0.1) is 0 Å². The number of H-pyrrole nitrogens is 1. The molecule has 0 spiro atoms. The lowest BCUT2D eigenvalue weighted by molar-refractivity contribution is -0.162. The summed E-state index contributed by atoms with van der Waals surface area (Å²) in [5.41, 5.74) is 0.532. The molecule has 98 valence electrons. The van der Waals surface area contributed by atoms with Gasteiger partial charge in [-0.2, -0.15) is 13.2 Å². The second-order valence-electron chi connectivity index (χ2n) is 3.70. The molecule has 0 aromatic carbocycles. The van der Waals surface area contributed by atoms with Crippen LogP contribution in [0.1, 0.15) is 13.0 Å². The summed E-state index contributed by atoms with van der Waals surface area (Å²) in [6.07, 6.45) is -1.70. The molecule has 0 aliphatic rings. The minimum atomic E-state index is -4.32. The first kappa shape index (κ1) is 12.5. The largest absolute Gasteiger partial charge is 0.408 e. The quantitative estimate of drug-likeness (QED) is 0.839. The minimum absolute atomic E-state index is 0.236. The van der Waals surface area contributed by atoms with E-state index in [1.807, 2.05) is 0 Å². The summed E-state index contributed by atoms with van der Waals surface area (Å²) >= 11 is 0. The van der Waals surface area contributed by atoms with Crippen molar-refractivity contribution in [3.05, 3.63) is 24.1 Å². The van der Waals surface area contributed by atoms with E-state index in [2.05, 4.69) is 20.0 Å². The Labute approximate surface area is 99.9 Å². The van der Waals surface area contributed by atoms with E-state index in [1.165, 1.54) is 25.7 Å². The molecule has 2 aromatic rings. The van der Waals surface area contributed by atoms with Crippen LogP contribution in [0.4, 0.5) is 13.2 Å². The standard InChI is InChI=1S/C10H11F3N4O/c1-6(10(11,12)13)17-4-3-7-8(16-18-2)14-5-15-9(7)17/h3-6H,1-2H3,(H,14,15,16). The molecule has 0 saturated carbocycles. The van der Waals surface area contributed by atoms with Gasteiger partial charge in [-0.05, 0) is 13.0 Å². The zero-order valence-electron chi connectivity index (χ0n) is 9.69. The van der Waals surface area contributed by atoms with Gasteiger partial charge in [0.1, 0.15) is 18.8 Å². The highest BCUT2D eigenvalue weighted by molar-refractivity contribution is 5.74. The van der Waals surface area contributed by atoms with Gasteiger partial charge in [-0.3, -0.25) is 0 Å². The average molecular weight is 260 g/mol. The molecule has 1 unspecified atom stereocenters. The monoisotopic (exact) mass is 260 g/mol. The number of rotatable bonds is 2. The van der Waals surface area contributed by atoms with Gasteiger partial charge in [0.2, 0.25) is 5.49 Å². The van der Waals surface area contributed by atoms with Crippen molar-refractivity contribution in [1.82, 2.24) is 14.5 Å². The number of halogens is 3. The van der Waals surface area contributed by atoms with Crippen molar-refractivity contribution in [3.63, 3.8) is 0 Å². The van der Waals surface area contributed by atoms with Crippen molar-refractivity contribution in [2.75, 3.05) is 7.11 Å². The maximum absolute atomic E-state index is 12.7. The zero-order valence-corrected chi connectivity index (χ0v) is 9.69. The molecule has 5 nitrogen and oxygen atoms in total. The van der Waals surface area contributed by atoms with Gasteiger partial charge in [0.15, 0.2) is 0 Å². The lowest BCUT2D eigenvalue weighted by atomic mass is 10.3. The van der Waals surface area contributed by atoms with E-state index in [1.54, 1.807) is 0 Å². The summed E-state index contributed by atoms with van der Waals surface area (Å²) in [5.74, 6) is 0. The third kappa shape index (κ3) is 2.05. The highest BCUT2D eigenvalue weighted by Gasteiger charge is 2.37. The highest BCUT2D eigenvalue weighted by atomic mass is 19.4. The number of hydrogen-bond donors (Lipinski definition) is 1. The number of nitrogens with one attached hydrogen (secondary N) is 1. The number of fused-ring (bicyclic) bond motifs is 1. The number of alkyl halides is 3. The van der Waals surface area contributed by atoms with Gasteiger partial charge in [0.25, 0.3) is 0 Å². The Balaban J connectivity index is 2.63. The van der Waals surface area contributed by atoms with E-state index < -0.39 is 12.2 Å². The van der Waals surface area contributed by atoms with Crippen LogP contribution in [0.5, 0.6) is 0 Å².